The highest BCUT2D eigenvalue weighted by Gasteiger charge is 1.96. The quantitative estimate of drug-likeness (QED) is 0.739. The third-order valence-corrected chi connectivity index (χ3v) is 1.98. The molecule has 13 heavy (non-hydrogen) atoms. The van der Waals surface area contributed by atoms with E-state index in [1.807, 2.05) is 30.4 Å². The molecule has 1 heterocycles. The molecule has 2 rings (SSSR count). The van der Waals surface area contributed by atoms with E-state index in [1.165, 1.54) is 6.39 Å². The van der Waals surface area contributed by atoms with Gasteiger partial charge in [0.1, 0.15) is 5.52 Å². The first kappa shape index (κ1) is 8.38. The molecule has 3 heteroatoms. The Morgan fingerprint density at radius 3 is 3.23 bits per heavy atom. The summed E-state index contributed by atoms with van der Waals surface area (Å²) in [6.07, 6.45) is 5.46. The molecule has 0 radical (unpaired) electrons. The number of benzene rings is 1. The van der Waals surface area contributed by atoms with Gasteiger partial charge in [0.2, 0.25) is 0 Å². The van der Waals surface area contributed by atoms with Crippen LogP contribution in [0.4, 0.5) is 0 Å². The molecule has 0 atom stereocenters. The monoisotopic (exact) mass is 191 g/mol. The zero-order chi connectivity index (χ0) is 9.10. The van der Waals surface area contributed by atoms with Crippen LogP contribution < -0.4 is 0 Å². The summed E-state index contributed by atoms with van der Waals surface area (Å²) in [7, 11) is 0. The summed E-state index contributed by atoms with van der Waals surface area (Å²) < 4.78 is 5.13. The van der Waals surface area contributed by atoms with Gasteiger partial charge in [-0.2, -0.15) is 12.6 Å². The molecule has 1 aromatic carbocycles. The molecule has 0 aliphatic rings. The van der Waals surface area contributed by atoms with Gasteiger partial charge in [-0.05, 0) is 17.7 Å². The van der Waals surface area contributed by atoms with Crippen molar-refractivity contribution < 1.29 is 4.42 Å². The van der Waals surface area contributed by atoms with Crippen LogP contribution in [0.25, 0.3) is 17.2 Å². The number of hydrogen-bond acceptors (Lipinski definition) is 3. The molecule has 0 saturated carbocycles. The Morgan fingerprint density at radius 2 is 2.38 bits per heavy atom. The average Bonchev–Trinajstić information content (AvgIpc) is 2.61. The Kier molecular flexibility index (Phi) is 2.36. The van der Waals surface area contributed by atoms with E-state index in [9.17, 15) is 0 Å². The van der Waals surface area contributed by atoms with Gasteiger partial charge in [-0.25, -0.2) is 4.98 Å². The lowest BCUT2D eigenvalue weighted by atomic mass is 10.2. The molecule has 0 aliphatic carbocycles. The number of rotatable bonds is 2. The Labute approximate surface area is 81.7 Å². The van der Waals surface area contributed by atoms with E-state index in [0.717, 1.165) is 22.4 Å². The van der Waals surface area contributed by atoms with Gasteiger partial charge in [-0.3, -0.25) is 0 Å². The Bertz CT molecular complexity index is 433. The van der Waals surface area contributed by atoms with Crippen LogP contribution in [0.1, 0.15) is 5.56 Å². The molecule has 0 bridgehead atoms. The molecule has 0 unspecified atom stereocenters. The van der Waals surface area contributed by atoms with Crippen LogP contribution in [-0.2, 0) is 0 Å². The zero-order valence-corrected chi connectivity index (χ0v) is 7.87. The van der Waals surface area contributed by atoms with Crippen molar-refractivity contribution in [3.05, 3.63) is 36.2 Å². The summed E-state index contributed by atoms with van der Waals surface area (Å²) in [5.74, 6) is 0.747. The number of oxazole rings is 1. The SMILES string of the molecule is SCC=Cc1ccc2ocnc2c1. The lowest BCUT2D eigenvalue weighted by Gasteiger charge is -1.91. The average molecular weight is 191 g/mol. The topological polar surface area (TPSA) is 26.0 Å². The van der Waals surface area contributed by atoms with Gasteiger partial charge in [0.15, 0.2) is 12.0 Å². The van der Waals surface area contributed by atoms with E-state index in [2.05, 4.69) is 17.6 Å². The fourth-order valence-electron chi connectivity index (χ4n) is 1.17. The normalized spacial score (nSPS) is 11.5. The van der Waals surface area contributed by atoms with Crippen LogP contribution >= 0.6 is 12.6 Å². The maximum atomic E-state index is 5.13. The summed E-state index contributed by atoms with van der Waals surface area (Å²) in [6, 6.07) is 5.90. The predicted octanol–water partition coefficient (Wildman–Crippen LogP) is 2.77. The van der Waals surface area contributed by atoms with E-state index < -0.39 is 0 Å². The standard InChI is InChI=1S/C10H9NOS/c13-5-1-2-8-3-4-10-9(6-8)11-7-12-10/h1-4,6-7,13H,5H2. The molecular weight excluding hydrogens is 182 g/mol. The lowest BCUT2D eigenvalue weighted by Crippen LogP contribution is -1.73. The van der Waals surface area contributed by atoms with Gasteiger partial charge in [0, 0.05) is 5.75 Å². The first-order chi connectivity index (χ1) is 6.40. The molecular formula is C10H9NOS. The van der Waals surface area contributed by atoms with Crippen molar-refractivity contribution in [1.82, 2.24) is 4.98 Å². The molecule has 66 valence electrons. The van der Waals surface area contributed by atoms with Crippen molar-refractivity contribution in [3.8, 4) is 0 Å². The van der Waals surface area contributed by atoms with Crippen LogP contribution in [0.2, 0.25) is 0 Å². The predicted molar refractivity (Wildman–Crippen MR) is 56.9 cm³/mol. The highest BCUT2D eigenvalue weighted by Crippen LogP contribution is 2.14. The van der Waals surface area contributed by atoms with E-state index in [1.54, 1.807) is 0 Å². The van der Waals surface area contributed by atoms with Gasteiger partial charge in [0.05, 0.1) is 0 Å². The first-order valence-corrected chi connectivity index (χ1v) is 4.64. The smallest absolute Gasteiger partial charge is 0.181 e. The van der Waals surface area contributed by atoms with Crippen molar-refractivity contribution in [1.29, 1.82) is 0 Å². The molecule has 0 aliphatic heterocycles. The summed E-state index contributed by atoms with van der Waals surface area (Å²) in [4.78, 5) is 4.07. The second kappa shape index (κ2) is 3.66. The number of aromatic nitrogens is 1. The minimum absolute atomic E-state index is 0.747. The summed E-state index contributed by atoms with van der Waals surface area (Å²) in [6.45, 7) is 0. The Hall–Kier alpha value is -1.22. The number of fused-ring (bicyclic) bond motifs is 1. The van der Waals surface area contributed by atoms with Crippen molar-refractivity contribution in [3.63, 3.8) is 0 Å². The van der Waals surface area contributed by atoms with Crippen LogP contribution in [0.5, 0.6) is 0 Å². The van der Waals surface area contributed by atoms with E-state index in [4.69, 9.17) is 4.42 Å². The first-order valence-electron chi connectivity index (χ1n) is 4.01. The molecule has 1 aromatic heterocycles. The van der Waals surface area contributed by atoms with Crippen LogP contribution in [0, 0.1) is 0 Å². The van der Waals surface area contributed by atoms with Crippen molar-refractivity contribution >= 4 is 29.8 Å². The lowest BCUT2D eigenvalue weighted by molar-refractivity contribution is 0.602. The van der Waals surface area contributed by atoms with Crippen molar-refractivity contribution in [2.45, 2.75) is 0 Å². The summed E-state index contributed by atoms with van der Waals surface area (Å²) >= 11 is 4.09. The highest BCUT2D eigenvalue weighted by molar-refractivity contribution is 7.80. The van der Waals surface area contributed by atoms with E-state index in [-0.39, 0.29) is 0 Å². The van der Waals surface area contributed by atoms with Gasteiger partial charge < -0.3 is 4.42 Å². The fourth-order valence-corrected chi connectivity index (χ4v) is 1.27. The molecule has 2 nitrogen and oxygen atoms in total. The molecule has 2 aromatic rings. The third kappa shape index (κ3) is 1.75. The van der Waals surface area contributed by atoms with Gasteiger partial charge in [0.25, 0.3) is 0 Å². The Morgan fingerprint density at radius 1 is 1.46 bits per heavy atom. The molecule has 0 fully saturated rings. The van der Waals surface area contributed by atoms with Crippen LogP contribution in [0.3, 0.4) is 0 Å². The number of hydrogen-bond donors (Lipinski definition) is 1. The van der Waals surface area contributed by atoms with Gasteiger partial charge in [-0.1, -0.05) is 18.2 Å². The maximum Gasteiger partial charge on any atom is 0.181 e. The van der Waals surface area contributed by atoms with Gasteiger partial charge >= 0.3 is 0 Å². The van der Waals surface area contributed by atoms with E-state index in [0.29, 0.717) is 0 Å². The third-order valence-electron chi connectivity index (χ3n) is 1.77. The summed E-state index contributed by atoms with van der Waals surface area (Å²) in [5.41, 5.74) is 2.83. The van der Waals surface area contributed by atoms with Crippen molar-refractivity contribution in [2.75, 3.05) is 5.75 Å². The molecule has 0 saturated heterocycles. The number of nitrogens with zero attached hydrogens (tertiary/aromatic N) is 1. The molecule has 0 N–H and O–H groups in total. The molecule has 0 spiro atoms. The number of thiol groups is 1. The Balaban J connectivity index is 2.42. The zero-order valence-electron chi connectivity index (χ0n) is 6.97. The summed E-state index contributed by atoms with van der Waals surface area (Å²) in [5, 5.41) is 0. The maximum absolute atomic E-state index is 5.13. The highest BCUT2D eigenvalue weighted by atomic mass is 32.1. The fraction of sp³-hybridized carbons (Fsp3) is 0.100. The minimum atomic E-state index is 0.747. The van der Waals surface area contributed by atoms with Crippen LogP contribution in [-0.4, -0.2) is 10.7 Å². The largest absolute Gasteiger partial charge is 0.443 e. The van der Waals surface area contributed by atoms with E-state index >= 15 is 0 Å². The minimum Gasteiger partial charge on any atom is -0.443 e. The van der Waals surface area contributed by atoms with Gasteiger partial charge in [-0.15, -0.1) is 0 Å². The van der Waals surface area contributed by atoms with Crippen LogP contribution in [0.15, 0.2) is 35.1 Å². The second-order valence-electron chi connectivity index (χ2n) is 2.66. The second-order valence-corrected chi connectivity index (χ2v) is 3.03. The molecule has 0 amide bonds. The van der Waals surface area contributed by atoms with Crippen molar-refractivity contribution in [2.24, 2.45) is 0 Å².